The van der Waals surface area contributed by atoms with E-state index in [-0.39, 0.29) is 0 Å². The zero-order valence-corrected chi connectivity index (χ0v) is 9.31. The van der Waals surface area contributed by atoms with Gasteiger partial charge in [-0.3, -0.25) is 0 Å². The molecule has 1 rings (SSSR count). The van der Waals surface area contributed by atoms with Crippen LogP contribution in [0.15, 0.2) is 29.2 Å². The highest BCUT2D eigenvalue weighted by Crippen LogP contribution is 2.31. The topological polar surface area (TPSA) is 0 Å². The molecule has 0 saturated carbocycles. The minimum absolute atomic E-state index is 0.805. The van der Waals surface area contributed by atoms with E-state index in [2.05, 4.69) is 19.1 Å². The molecule has 0 radical (unpaired) electrons. The van der Waals surface area contributed by atoms with Crippen molar-refractivity contribution in [1.82, 2.24) is 0 Å². The standard InChI is InChI=1S/C9H11ClS2/c1-2-7-11-12-9-5-3-8(10)4-6-9/h3-6H,2,7H2,1H3. The molecular weight excluding hydrogens is 208 g/mol. The Balaban J connectivity index is 2.37. The summed E-state index contributed by atoms with van der Waals surface area (Å²) in [6.45, 7) is 2.19. The van der Waals surface area contributed by atoms with E-state index in [1.165, 1.54) is 17.1 Å². The quantitative estimate of drug-likeness (QED) is 0.540. The van der Waals surface area contributed by atoms with Gasteiger partial charge in [-0.25, -0.2) is 0 Å². The Morgan fingerprint density at radius 3 is 2.50 bits per heavy atom. The monoisotopic (exact) mass is 218 g/mol. The van der Waals surface area contributed by atoms with E-state index in [0.717, 1.165) is 5.02 Å². The van der Waals surface area contributed by atoms with Crippen molar-refractivity contribution in [3.05, 3.63) is 29.3 Å². The lowest BCUT2D eigenvalue weighted by molar-refractivity contribution is 1.11. The molecule has 0 heterocycles. The Kier molecular flexibility index (Phi) is 4.96. The van der Waals surface area contributed by atoms with Crippen molar-refractivity contribution in [2.24, 2.45) is 0 Å². The molecule has 0 unspecified atom stereocenters. The van der Waals surface area contributed by atoms with Crippen molar-refractivity contribution in [3.8, 4) is 0 Å². The maximum Gasteiger partial charge on any atom is 0.0406 e. The smallest absolute Gasteiger partial charge is 0.0406 e. The minimum atomic E-state index is 0.805. The fourth-order valence-corrected chi connectivity index (χ4v) is 2.93. The van der Waals surface area contributed by atoms with Crippen LogP contribution in [0.4, 0.5) is 0 Å². The lowest BCUT2D eigenvalue weighted by Gasteiger charge is -1.98. The summed E-state index contributed by atoms with van der Waals surface area (Å²) in [5, 5.41) is 0.805. The number of rotatable bonds is 4. The zero-order chi connectivity index (χ0) is 8.81. The van der Waals surface area contributed by atoms with Crippen LogP contribution in [0.25, 0.3) is 0 Å². The molecule has 0 aromatic heterocycles. The van der Waals surface area contributed by atoms with Gasteiger partial charge in [0.25, 0.3) is 0 Å². The molecule has 0 aliphatic rings. The van der Waals surface area contributed by atoms with Crippen LogP contribution in [0.3, 0.4) is 0 Å². The summed E-state index contributed by atoms with van der Waals surface area (Å²) in [4.78, 5) is 1.28. The molecule has 0 saturated heterocycles. The molecule has 0 N–H and O–H groups in total. The minimum Gasteiger partial charge on any atom is -0.0890 e. The van der Waals surface area contributed by atoms with Crippen molar-refractivity contribution >= 4 is 33.2 Å². The van der Waals surface area contributed by atoms with E-state index < -0.39 is 0 Å². The van der Waals surface area contributed by atoms with Gasteiger partial charge in [0, 0.05) is 15.7 Å². The first-order valence-electron chi connectivity index (χ1n) is 3.88. The van der Waals surface area contributed by atoms with E-state index in [1.54, 1.807) is 0 Å². The Hall–Kier alpha value is 0.210. The molecule has 1 aromatic rings. The Labute approximate surface area is 86.5 Å². The average Bonchev–Trinajstić information content (AvgIpc) is 2.09. The number of halogens is 1. The Morgan fingerprint density at radius 1 is 1.25 bits per heavy atom. The summed E-state index contributed by atoms with van der Waals surface area (Å²) in [6, 6.07) is 7.96. The Morgan fingerprint density at radius 2 is 1.92 bits per heavy atom. The van der Waals surface area contributed by atoms with Crippen LogP contribution >= 0.6 is 33.2 Å². The van der Waals surface area contributed by atoms with Crippen molar-refractivity contribution in [1.29, 1.82) is 0 Å². The molecule has 0 fully saturated rings. The van der Waals surface area contributed by atoms with Gasteiger partial charge in [0.05, 0.1) is 0 Å². The second kappa shape index (κ2) is 5.79. The lowest BCUT2D eigenvalue weighted by Crippen LogP contribution is -1.70. The first kappa shape index (κ1) is 10.3. The van der Waals surface area contributed by atoms with Gasteiger partial charge in [-0.1, -0.05) is 40.1 Å². The third-order valence-electron chi connectivity index (χ3n) is 1.26. The highest BCUT2D eigenvalue weighted by atomic mass is 35.5. The molecule has 3 heteroatoms. The van der Waals surface area contributed by atoms with Crippen molar-refractivity contribution in [2.45, 2.75) is 18.2 Å². The molecule has 0 bridgehead atoms. The number of hydrogen-bond acceptors (Lipinski definition) is 2. The summed E-state index contributed by atoms with van der Waals surface area (Å²) in [5.41, 5.74) is 0. The SMILES string of the molecule is CCCSSc1ccc(Cl)cc1. The molecule has 1 aromatic carbocycles. The number of benzene rings is 1. The molecule has 0 nitrogen and oxygen atoms in total. The summed E-state index contributed by atoms with van der Waals surface area (Å²) in [7, 11) is 3.70. The third-order valence-corrected chi connectivity index (χ3v) is 4.10. The second-order valence-corrected chi connectivity index (χ2v) is 5.28. The average molecular weight is 219 g/mol. The van der Waals surface area contributed by atoms with Gasteiger partial charge in [-0.2, -0.15) is 0 Å². The summed E-state index contributed by atoms with van der Waals surface area (Å²) in [6.07, 6.45) is 1.23. The van der Waals surface area contributed by atoms with Gasteiger partial charge >= 0.3 is 0 Å². The van der Waals surface area contributed by atoms with E-state index in [9.17, 15) is 0 Å². The second-order valence-electron chi connectivity index (χ2n) is 2.36. The maximum atomic E-state index is 5.76. The van der Waals surface area contributed by atoms with Crippen LogP contribution in [0.1, 0.15) is 13.3 Å². The van der Waals surface area contributed by atoms with Crippen LogP contribution in [-0.2, 0) is 0 Å². The molecule has 0 aliphatic heterocycles. The van der Waals surface area contributed by atoms with Gasteiger partial charge in [-0.05, 0) is 30.7 Å². The van der Waals surface area contributed by atoms with Crippen LogP contribution in [-0.4, -0.2) is 5.75 Å². The van der Waals surface area contributed by atoms with Gasteiger partial charge in [0.15, 0.2) is 0 Å². The largest absolute Gasteiger partial charge is 0.0890 e. The van der Waals surface area contributed by atoms with Crippen LogP contribution in [0.5, 0.6) is 0 Å². The molecular formula is C9H11ClS2. The van der Waals surface area contributed by atoms with Gasteiger partial charge < -0.3 is 0 Å². The van der Waals surface area contributed by atoms with Crippen molar-refractivity contribution in [3.63, 3.8) is 0 Å². The molecule has 66 valence electrons. The van der Waals surface area contributed by atoms with Crippen LogP contribution in [0, 0.1) is 0 Å². The predicted molar refractivity (Wildman–Crippen MR) is 60.1 cm³/mol. The van der Waals surface area contributed by atoms with E-state index in [4.69, 9.17) is 11.6 Å². The molecule has 12 heavy (non-hydrogen) atoms. The molecule has 0 spiro atoms. The summed E-state index contributed by atoms with van der Waals surface area (Å²) < 4.78 is 0. The molecule has 0 atom stereocenters. The predicted octanol–water partition coefficient (Wildman–Crippen LogP) is 4.49. The summed E-state index contributed by atoms with van der Waals surface area (Å²) in [5.74, 6) is 1.20. The normalized spacial score (nSPS) is 10.2. The Bertz CT molecular complexity index is 220. The molecule has 0 amide bonds. The van der Waals surface area contributed by atoms with Gasteiger partial charge in [0.1, 0.15) is 0 Å². The molecule has 0 aliphatic carbocycles. The van der Waals surface area contributed by atoms with Gasteiger partial charge in [0.2, 0.25) is 0 Å². The highest BCUT2D eigenvalue weighted by molar-refractivity contribution is 8.76. The first-order chi connectivity index (χ1) is 5.83. The number of hydrogen-bond donors (Lipinski definition) is 0. The highest BCUT2D eigenvalue weighted by Gasteiger charge is 1.93. The van der Waals surface area contributed by atoms with Crippen molar-refractivity contribution in [2.75, 3.05) is 5.75 Å². The van der Waals surface area contributed by atoms with E-state index >= 15 is 0 Å². The van der Waals surface area contributed by atoms with E-state index in [1.807, 2.05) is 33.7 Å². The first-order valence-corrected chi connectivity index (χ1v) is 6.57. The zero-order valence-electron chi connectivity index (χ0n) is 6.92. The van der Waals surface area contributed by atoms with Crippen LogP contribution < -0.4 is 0 Å². The van der Waals surface area contributed by atoms with E-state index in [0.29, 0.717) is 0 Å². The van der Waals surface area contributed by atoms with Crippen LogP contribution in [0.2, 0.25) is 5.02 Å². The maximum absolute atomic E-state index is 5.76. The fraction of sp³-hybridized carbons (Fsp3) is 0.333. The third kappa shape index (κ3) is 3.74. The van der Waals surface area contributed by atoms with Crippen molar-refractivity contribution < 1.29 is 0 Å². The summed E-state index contributed by atoms with van der Waals surface area (Å²) >= 11 is 5.76. The fourth-order valence-electron chi connectivity index (χ4n) is 0.683. The lowest BCUT2D eigenvalue weighted by atomic mass is 10.4. The van der Waals surface area contributed by atoms with Gasteiger partial charge in [-0.15, -0.1) is 0 Å².